The summed E-state index contributed by atoms with van der Waals surface area (Å²) < 4.78 is 22.2. The summed E-state index contributed by atoms with van der Waals surface area (Å²) >= 11 is 0. The summed E-state index contributed by atoms with van der Waals surface area (Å²) in [4.78, 5) is 24.8. The molecule has 0 aromatic carbocycles. The summed E-state index contributed by atoms with van der Waals surface area (Å²) in [5.41, 5.74) is 0. The number of aliphatic carboxylic acids is 1. The van der Waals surface area contributed by atoms with Crippen LogP contribution in [0.2, 0.25) is 0 Å². The highest BCUT2D eigenvalue weighted by Gasteiger charge is 2.51. The van der Waals surface area contributed by atoms with Gasteiger partial charge < -0.3 is 15.3 Å². The van der Waals surface area contributed by atoms with Crippen LogP contribution in [-0.4, -0.2) is 62.1 Å². The fraction of sp³-hybridized carbons (Fsp3) is 0.846. The molecule has 7 nitrogen and oxygen atoms in total. The molecule has 2 aliphatic carbocycles. The van der Waals surface area contributed by atoms with Crippen LogP contribution in [0.15, 0.2) is 0 Å². The minimum absolute atomic E-state index is 0.100. The molecular weight excluding hydrogens is 296 g/mol. The molecule has 120 valence electrons. The zero-order valence-electron chi connectivity index (χ0n) is 12.3. The lowest BCUT2D eigenvalue weighted by molar-refractivity contribution is -0.144. The van der Waals surface area contributed by atoms with Gasteiger partial charge in [0.2, 0.25) is 0 Å². The normalized spacial score (nSPS) is 31.1. The highest BCUT2D eigenvalue weighted by Crippen LogP contribution is 2.48. The maximum atomic E-state index is 12.1. The van der Waals surface area contributed by atoms with E-state index in [-0.39, 0.29) is 30.2 Å². The van der Waals surface area contributed by atoms with Gasteiger partial charge >= 0.3 is 12.0 Å². The second-order valence-corrected chi connectivity index (χ2v) is 8.48. The molecule has 0 aromatic heterocycles. The van der Waals surface area contributed by atoms with Gasteiger partial charge in [-0.3, -0.25) is 4.79 Å². The fourth-order valence-electron chi connectivity index (χ4n) is 3.51. The molecule has 0 aromatic rings. The number of sulfone groups is 1. The molecule has 2 N–H and O–H groups in total. The van der Waals surface area contributed by atoms with E-state index < -0.39 is 27.8 Å². The first-order chi connectivity index (χ1) is 9.69. The number of hydrogen-bond donors (Lipinski definition) is 2. The van der Waals surface area contributed by atoms with E-state index in [4.69, 9.17) is 0 Å². The Kier molecular flexibility index (Phi) is 4.46. The lowest BCUT2D eigenvalue weighted by Gasteiger charge is -2.30. The number of urea groups is 1. The minimum atomic E-state index is -3.13. The highest BCUT2D eigenvalue weighted by molar-refractivity contribution is 7.90. The van der Waals surface area contributed by atoms with Gasteiger partial charge in [0.1, 0.15) is 9.84 Å². The zero-order valence-corrected chi connectivity index (χ0v) is 13.1. The number of fused-ring (bicyclic) bond motifs is 2. The summed E-state index contributed by atoms with van der Waals surface area (Å²) in [6, 6.07) is -0.739. The number of amides is 2. The van der Waals surface area contributed by atoms with Crippen LogP contribution in [0.3, 0.4) is 0 Å². The van der Waals surface area contributed by atoms with E-state index in [0.717, 1.165) is 25.5 Å². The lowest BCUT2D eigenvalue weighted by Crippen LogP contribution is -2.51. The topological polar surface area (TPSA) is 104 Å². The van der Waals surface area contributed by atoms with Gasteiger partial charge in [0.25, 0.3) is 0 Å². The second kappa shape index (κ2) is 5.82. The summed E-state index contributed by atoms with van der Waals surface area (Å²) in [5.74, 6) is -1.10. The van der Waals surface area contributed by atoms with Gasteiger partial charge in [-0.05, 0) is 31.1 Å². The predicted molar refractivity (Wildman–Crippen MR) is 76.6 cm³/mol. The quantitative estimate of drug-likeness (QED) is 0.752. The van der Waals surface area contributed by atoms with Crippen LogP contribution in [0.5, 0.6) is 0 Å². The molecule has 0 spiro atoms. The molecule has 4 unspecified atom stereocenters. The molecular formula is C13H22N2O5S. The van der Waals surface area contributed by atoms with E-state index >= 15 is 0 Å². The van der Waals surface area contributed by atoms with Crippen LogP contribution in [-0.2, 0) is 14.6 Å². The summed E-state index contributed by atoms with van der Waals surface area (Å²) in [6.45, 7) is 0.100. The van der Waals surface area contributed by atoms with Crippen molar-refractivity contribution in [2.75, 3.05) is 25.6 Å². The molecule has 2 saturated carbocycles. The van der Waals surface area contributed by atoms with Gasteiger partial charge in [-0.2, -0.15) is 0 Å². The number of carboxylic acid groups (broad SMARTS) is 1. The molecule has 2 fully saturated rings. The summed E-state index contributed by atoms with van der Waals surface area (Å²) in [5, 5.41) is 12.1. The summed E-state index contributed by atoms with van der Waals surface area (Å²) in [6.07, 6.45) is 3.84. The monoisotopic (exact) mass is 318 g/mol. The van der Waals surface area contributed by atoms with E-state index in [9.17, 15) is 23.1 Å². The number of nitrogens with one attached hydrogen (secondary N) is 1. The number of carbonyl (C=O) groups excluding carboxylic acids is 1. The van der Waals surface area contributed by atoms with E-state index in [2.05, 4.69) is 5.32 Å². The Bertz CT molecular complexity index is 533. The van der Waals surface area contributed by atoms with E-state index in [1.807, 2.05) is 0 Å². The standard InChI is InChI=1S/C13H22N2O5S/c1-15(5-6-21(2,19)20)13(18)14-11-9-4-3-8(7-9)10(11)12(16)17/h8-11H,3-7H2,1-2H3,(H,14,18)(H,16,17). The second-order valence-electron chi connectivity index (χ2n) is 6.22. The van der Waals surface area contributed by atoms with Gasteiger partial charge in [0.15, 0.2) is 0 Å². The molecule has 2 bridgehead atoms. The van der Waals surface area contributed by atoms with Crippen LogP contribution in [0.4, 0.5) is 4.79 Å². The molecule has 4 atom stereocenters. The Morgan fingerprint density at radius 3 is 2.48 bits per heavy atom. The summed E-state index contributed by atoms with van der Waals surface area (Å²) in [7, 11) is -1.61. The smallest absolute Gasteiger partial charge is 0.317 e. The van der Waals surface area contributed by atoms with Crippen LogP contribution in [0.1, 0.15) is 19.3 Å². The molecule has 2 amide bonds. The number of rotatable bonds is 5. The molecule has 2 aliphatic rings. The number of nitrogens with zero attached hydrogens (tertiary/aromatic N) is 1. The average molecular weight is 318 g/mol. The number of hydrogen-bond acceptors (Lipinski definition) is 4. The van der Waals surface area contributed by atoms with Gasteiger partial charge in [-0.25, -0.2) is 13.2 Å². The third kappa shape index (κ3) is 3.66. The van der Waals surface area contributed by atoms with Crippen molar-refractivity contribution in [2.24, 2.45) is 17.8 Å². The number of carboxylic acids is 1. The molecule has 0 heterocycles. The van der Waals surface area contributed by atoms with Crippen molar-refractivity contribution in [3.63, 3.8) is 0 Å². The van der Waals surface area contributed by atoms with Crippen molar-refractivity contribution >= 4 is 21.8 Å². The Hall–Kier alpha value is -1.31. The van der Waals surface area contributed by atoms with Crippen molar-refractivity contribution in [3.8, 4) is 0 Å². The van der Waals surface area contributed by atoms with Crippen molar-refractivity contribution in [1.82, 2.24) is 10.2 Å². The van der Waals surface area contributed by atoms with E-state index in [0.29, 0.717) is 0 Å². The minimum Gasteiger partial charge on any atom is -0.481 e. The SMILES string of the molecule is CN(CCS(C)(=O)=O)C(=O)NC1C2CCC(C2)C1C(=O)O. The van der Waals surface area contributed by atoms with Crippen LogP contribution in [0.25, 0.3) is 0 Å². The van der Waals surface area contributed by atoms with Crippen molar-refractivity contribution in [1.29, 1.82) is 0 Å². The molecule has 0 aliphatic heterocycles. The molecule has 2 rings (SSSR count). The third-order valence-corrected chi connectivity index (χ3v) is 5.56. The van der Waals surface area contributed by atoms with E-state index in [1.54, 1.807) is 0 Å². The Balaban J connectivity index is 1.94. The van der Waals surface area contributed by atoms with Crippen molar-refractivity contribution in [3.05, 3.63) is 0 Å². The third-order valence-electron chi connectivity index (χ3n) is 4.64. The van der Waals surface area contributed by atoms with Crippen LogP contribution >= 0.6 is 0 Å². The first-order valence-electron chi connectivity index (χ1n) is 7.11. The maximum Gasteiger partial charge on any atom is 0.317 e. The van der Waals surface area contributed by atoms with E-state index in [1.165, 1.54) is 11.9 Å². The molecule has 0 radical (unpaired) electrons. The predicted octanol–water partition coefficient (Wildman–Crippen LogP) is 0.172. The van der Waals surface area contributed by atoms with Gasteiger partial charge in [0.05, 0.1) is 11.7 Å². The Labute approximate surface area is 124 Å². The fourth-order valence-corrected chi connectivity index (χ4v) is 4.12. The van der Waals surface area contributed by atoms with Crippen LogP contribution in [0, 0.1) is 17.8 Å². The largest absolute Gasteiger partial charge is 0.481 e. The first-order valence-corrected chi connectivity index (χ1v) is 9.17. The Morgan fingerprint density at radius 1 is 1.29 bits per heavy atom. The van der Waals surface area contributed by atoms with Gasteiger partial charge in [0, 0.05) is 25.9 Å². The van der Waals surface area contributed by atoms with Gasteiger partial charge in [-0.15, -0.1) is 0 Å². The highest BCUT2D eigenvalue weighted by atomic mass is 32.2. The van der Waals surface area contributed by atoms with Crippen molar-refractivity contribution < 1.29 is 23.1 Å². The first kappa shape index (κ1) is 16.1. The Morgan fingerprint density at radius 2 is 1.90 bits per heavy atom. The number of carbonyl (C=O) groups is 2. The van der Waals surface area contributed by atoms with Gasteiger partial charge in [-0.1, -0.05) is 0 Å². The van der Waals surface area contributed by atoms with Crippen molar-refractivity contribution in [2.45, 2.75) is 25.3 Å². The molecule has 21 heavy (non-hydrogen) atoms. The average Bonchev–Trinajstić information content (AvgIpc) is 2.95. The molecule has 8 heteroatoms. The lowest BCUT2D eigenvalue weighted by atomic mass is 9.84. The zero-order chi connectivity index (χ0) is 15.8. The maximum absolute atomic E-state index is 12.1. The molecule has 0 saturated heterocycles. The van der Waals surface area contributed by atoms with Crippen LogP contribution < -0.4 is 5.32 Å².